The fourth-order valence-corrected chi connectivity index (χ4v) is 1.61. The molecule has 19 heavy (non-hydrogen) atoms. The van der Waals surface area contributed by atoms with Gasteiger partial charge in [-0.25, -0.2) is 4.39 Å². The Morgan fingerprint density at radius 1 is 1.32 bits per heavy atom. The first-order valence-corrected chi connectivity index (χ1v) is 6.61. The summed E-state index contributed by atoms with van der Waals surface area (Å²) >= 11 is 0. The van der Waals surface area contributed by atoms with Crippen LogP contribution in [0.1, 0.15) is 44.0 Å². The van der Waals surface area contributed by atoms with E-state index in [-0.39, 0.29) is 12.4 Å². The van der Waals surface area contributed by atoms with Crippen LogP contribution in [0.2, 0.25) is 0 Å². The van der Waals surface area contributed by atoms with Gasteiger partial charge in [0.2, 0.25) is 0 Å². The number of carbonyl (C=O) groups excluding carboxylic acids is 1. The Balaban J connectivity index is 2.59. The van der Waals surface area contributed by atoms with Crippen molar-refractivity contribution in [1.29, 1.82) is 0 Å². The number of Topliss-reactive ketones (excluding diaryl/α,β-unsaturated/α-hetero) is 1. The maximum Gasteiger partial charge on any atom is 0.163 e. The highest BCUT2D eigenvalue weighted by molar-refractivity contribution is 5.96. The molecule has 0 unspecified atom stereocenters. The lowest BCUT2D eigenvalue weighted by Gasteiger charge is -2.08. The average molecular weight is 264 g/mol. The summed E-state index contributed by atoms with van der Waals surface area (Å²) in [5.41, 5.74) is 1.30. The third kappa shape index (κ3) is 5.25. The summed E-state index contributed by atoms with van der Waals surface area (Å²) in [6, 6.07) is 7.01. The predicted molar refractivity (Wildman–Crippen MR) is 75.2 cm³/mol. The Hall–Kier alpha value is -1.64. The topological polar surface area (TPSA) is 26.3 Å². The lowest BCUT2D eigenvalue weighted by molar-refractivity contribution is 0.0968. The summed E-state index contributed by atoms with van der Waals surface area (Å²) in [7, 11) is 0. The van der Waals surface area contributed by atoms with Crippen molar-refractivity contribution < 1.29 is 13.9 Å². The monoisotopic (exact) mass is 264 g/mol. The molecule has 0 heterocycles. The summed E-state index contributed by atoms with van der Waals surface area (Å²) in [6.45, 7) is 6.16. The normalized spacial score (nSPS) is 11.7. The van der Waals surface area contributed by atoms with Crippen molar-refractivity contribution in [3.8, 4) is 5.75 Å². The second kappa shape index (κ2) is 7.72. The molecule has 0 radical (unpaired) electrons. The maximum absolute atomic E-state index is 12.4. The first-order valence-electron chi connectivity index (χ1n) is 6.61. The lowest BCUT2D eigenvalue weighted by Crippen LogP contribution is -2.04. The lowest BCUT2D eigenvalue weighted by atomic mass is 10.0. The van der Waals surface area contributed by atoms with Gasteiger partial charge >= 0.3 is 0 Å². The second-order valence-electron chi connectivity index (χ2n) is 4.96. The van der Waals surface area contributed by atoms with Crippen LogP contribution in [0.3, 0.4) is 0 Å². The van der Waals surface area contributed by atoms with Crippen LogP contribution >= 0.6 is 0 Å². The maximum atomic E-state index is 12.4. The molecule has 0 aliphatic heterocycles. The molecule has 0 bridgehead atoms. The van der Waals surface area contributed by atoms with E-state index in [2.05, 4.69) is 0 Å². The first kappa shape index (κ1) is 15.4. The number of halogens is 1. The van der Waals surface area contributed by atoms with Gasteiger partial charge in [0.25, 0.3) is 0 Å². The van der Waals surface area contributed by atoms with Crippen molar-refractivity contribution in [3.63, 3.8) is 0 Å². The number of ether oxygens (including phenoxy) is 1. The number of hydrogen-bond donors (Lipinski definition) is 0. The molecular weight excluding hydrogens is 243 g/mol. The smallest absolute Gasteiger partial charge is 0.163 e. The van der Waals surface area contributed by atoms with Crippen molar-refractivity contribution in [3.05, 3.63) is 41.7 Å². The summed E-state index contributed by atoms with van der Waals surface area (Å²) in [5, 5.41) is 0. The van der Waals surface area contributed by atoms with E-state index in [0.717, 1.165) is 0 Å². The van der Waals surface area contributed by atoms with E-state index >= 15 is 0 Å². The fourth-order valence-electron chi connectivity index (χ4n) is 1.61. The molecule has 104 valence electrons. The van der Waals surface area contributed by atoms with E-state index in [4.69, 9.17) is 4.74 Å². The number of rotatable bonds is 7. The molecule has 0 aliphatic carbocycles. The Kier molecular flexibility index (Phi) is 6.26. The SMILES string of the molecule is CC/C(=C\F)COc1ccc(C(=O)CC(C)C)cc1. The highest BCUT2D eigenvalue weighted by Gasteiger charge is 2.08. The van der Waals surface area contributed by atoms with Crippen molar-refractivity contribution >= 4 is 5.78 Å². The molecule has 0 fully saturated rings. The first-order chi connectivity index (χ1) is 9.06. The number of carbonyl (C=O) groups is 1. The van der Waals surface area contributed by atoms with Crippen LogP contribution in [0.25, 0.3) is 0 Å². The van der Waals surface area contributed by atoms with E-state index in [1.807, 2.05) is 20.8 Å². The van der Waals surface area contributed by atoms with E-state index in [9.17, 15) is 9.18 Å². The largest absolute Gasteiger partial charge is 0.489 e. The van der Waals surface area contributed by atoms with Crippen molar-refractivity contribution in [2.24, 2.45) is 5.92 Å². The average Bonchev–Trinajstić information content (AvgIpc) is 2.39. The standard InChI is InChI=1S/C16H21FO2/c1-4-13(10-17)11-19-15-7-5-14(6-8-15)16(18)9-12(2)3/h5-8,10,12H,4,9,11H2,1-3H3/b13-10+. The minimum atomic E-state index is 0.138. The Morgan fingerprint density at radius 3 is 2.42 bits per heavy atom. The van der Waals surface area contributed by atoms with E-state index in [1.54, 1.807) is 24.3 Å². The quantitative estimate of drug-likeness (QED) is 0.675. The van der Waals surface area contributed by atoms with Crippen LogP contribution in [-0.2, 0) is 0 Å². The van der Waals surface area contributed by atoms with Gasteiger partial charge in [0.05, 0.1) is 6.33 Å². The minimum Gasteiger partial charge on any atom is -0.489 e. The number of ketones is 1. The Labute approximate surface area is 114 Å². The third-order valence-corrected chi connectivity index (χ3v) is 2.80. The highest BCUT2D eigenvalue weighted by Crippen LogP contribution is 2.16. The molecule has 2 nitrogen and oxygen atoms in total. The van der Waals surface area contributed by atoms with Crippen LogP contribution in [0.5, 0.6) is 5.75 Å². The molecule has 1 aromatic rings. The molecular formula is C16H21FO2. The van der Waals surface area contributed by atoms with E-state index in [0.29, 0.717) is 42.0 Å². The Morgan fingerprint density at radius 2 is 1.95 bits per heavy atom. The molecule has 0 aliphatic rings. The van der Waals surface area contributed by atoms with Crippen molar-refractivity contribution in [2.75, 3.05) is 6.61 Å². The van der Waals surface area contributed by atoms with E-state index < -0.39 is 0 Å². The van der Waals surface area contributed by atoms with Gasteiger partial charge in [0.15, 0.2) is 5.78 Å². The molecule has 0 saturated carbocycles. The molecule has 0 aromatic heterocycles. The summed E-state index contributed by atoms with van der Waals surface area (Å²) in [4.78, 5) is 11.8. The van der Waals surface area contributed by atoms with Gasteiger partial charge in [-0.1, -0.05) is 20.8 Å². The number of hydrogen-bond acceptors (Lipinski definition) is 2. The van der Waals surface area contributed by atoms with E-state index in [1.165, 1.54) is 0 Å². The van der Waals surface area contributed by atoms with Crippen LogP contribution in [0.15, 0.2) is 36.2 Å². The predicted octanol–water partition coefficient (Wildman–Crippen LogP) is 4.56. The van der Waals surface area contributed by atoms with Crippen LogP contribution in [0.4, 0.5) is 4.39 Å². The van der Waals surface area contributed by atoms with Gasteiger partial charge in [0.1, 0.15) is 12.4 Å². The van der Waals surface area contributed by atoms with Crippen LogP contribution in [-0.4, -0.2) is 12.4 Å². The third-order valence-electron chi connectivity index (χ3n) is 2.80. The van der Waals surface area contributed by atoms with Gasteiger partial charge in [-0.3, -0.25) is 4.79 Å². The van der Waals surface area contributed by atoms with Gasteiger partial charge in [-0.2, -0.15) is 0 Å². The molecule has 0 spiro atoms. The summed E-state index contributed by atoms with van der Waals surface area (Å²) < 4.78 is 17.8. The zero-order valence-corrected chi connectivity index (χ0v) is 11.8. The fraction of sp³-hybridized carbons (Fsp3) is 0.438. The van der Waals surface area contributed by atoms with Crippen molar-refractivity contribution in [1.82, 2.24) is 0 Å². The van der Waals surface area contributed by atoms with Crippen LogP contribution in [0, 0.1) is 5.92 Å². The molecule has 1 aromatic carbocycles. The zero-order valence-electron chi connectivity index (χ0n) is 11.8. The molecule has 0 atom stereocenters. The Bertz CT molecular complexity index is 433. The zero-order chi connectivity index (χ0) is 14.3. The molecule has 0 saturated heterocycles. The molecule has 0 N–H and O–H groups in total. The number of benzene rings is 1. The van der Waals surface area contributed by atoms with Gasteiger partial charge in [-0.05, 0) is 42.2 Å². The van der Waals surface area contributed by atoms with Gasteiger partial charge in [0, 0.05) is 12.0 Å². The van der Waals surface area contributed by atoms with Gasteiger partial charge < -0.3 is 4.74 Å². The van der Waals surface area contributed by atoms with Gasteiger partial charge in [-0.15, -0.1) is 0 Å². The highest BCUT2D eigenvalue weighted by atomic mass is 19.1. The molecule has 3 heteroatoms. The minimum absolute atomic E-state index is 0.138. The van der Waals surface area contributed by atoms with Crippen LogP contribution < -0.4 is 4.74 Å². The molecule has 1 rings (SSSR count). The summed E-state index contributed by atoms with van der Waals surface area (Å²) in [6.07, 6.45) is 1.76. The summed E-state index contributed by atoms with van der Waals surface area (Å²) in [5.74, 6) is 1.14. The molecule has 0 amide bonds. The van der Waals surface area contributed by atoms with Crippen molar-refractivity contribution in [2.45, 2.75) is 33.6 Å². The second-order valence-corrected chi connectivity index (χ2v) is 4.96.